The molecule has 1 aliphatic heterocycles. The van der Waals surface area contributed by atoms with Gasteiger partial charge < -0.3 is 25.0 Å². The summed E-state index contributed by atoms with van der Waals surface area (Å²) >= 11 is 0. The normalized spacial score (nSPS) is 14.1. The standard InChI is InChI=1S/C25H33N7O.HI/c1-26-25(28-13-6-15-30-16-11-21-7-2-3-8-22(21)30)29-14-10-24(33)32-19-17-31(18-20-32)23-9-4-5-12-27-23;/h2-5,7-9,11-12,16H,6,10,13-15,17-20H2,1H3,(H2,26,28,29);1H. The zero-order valence-electron chi connectivity index (χ0n) is 19.7. The first-order chi connectivity index (χ1) is 16.2. The number of nitrogens with one attached hydrogen (secondary N) is 2. The molecule has 0 saturated carbocycles. The minimum atomic E-state index is 0. The lowest BCUT2D eigenvalue weighted by atomic mass is 10.2. The van der Waals surface area contributed by atoms with Crippen molar-refractivity contribution in [1.29, 1.82) is 0 Å². The molecule has 1 aromatic carbocycles. The molecule has 182 valence electrons. The van der Waals surface area contributed by atoms with E-state index < -0.39 is 0 Å². The molecule has 1 amide bonds. The van der Waals surface area contributed by atoms with Gasteiger partial charge in [0.05, 0.1) is 0 Å². The molecular weight excluding hydrogens is 541 g/mol. The van der Waals surface area contributed by atoms with Crippen LogP contribution in [0.25, 0.3) is 10.9 Å². The highest BCUT2D eigenvalue weighted by Gasteiger charge is 2.21. The molecule has 1 fully saturated rings. The number of benzene rings is 1. The Morgan fingerprint density at radius 3 is 2.53 bits per heavy atom. The molecule has 2 aromatic heterocycles. The lowest BCUT2D eigenvalue weighted by Gasteiger charge is -2.35. The Balaban J connectivity index is 0.00000324. The molecule has 3 aromatic rings. The number of piperazine rings is 1. The molecule has 3 heterocycles. The van der Waals surface area contributed by atoms with Crippen molar-refractivity contribution < 1.29 is 4.79 Å². The maximum atomic E-state index is 12.6. The third kappa shape index (κ3) is 6.85. The first kappa shape index (κ1) is 25.8. The number of guanidine groups is 1. The molecule has 2 N–H and O–H groups in total. The number of pyridine rings is 1. The molecule has 9 heteroatoms. The van der Waals surface area contributed by atoms with Gasteiger partial charge in [-0.05, 0) is 36.1 Å². The number of fused-ring (bicyclic) bond motifs is 1. The van der Waals surface area contributed by atoms with E-state index in [-0.39, 0.29) is 29.9 Å². The summed E-state index contributed by atoms with van der Waals surface area (Å²) in [7, 11) is 1.76. The Morgan fingerprint density at radius 1 is 1.00 bits per heavy atom. The minimum absolute atomic E-state index is 0. The first-order valence-corrected chi connectivity index (χ1v) is 11.7. The van der Waals surface area contributed by atoms with Crippen molar-refractivity contribution in [2.45, 2.75) is 19.4 Å². The number of hydrogen-bond acceptors (Lipinski definition) is 4. The maximum absolute atomic E-state index is 12.6. The second kappa shape index (κ2) is 13.2. The van der Waals surface area contributed by atoms with Gasteiger partial charge in [0.25, 0.3) is 0 Å². The summed E-state index contributed by atoms with van der Waals surface area (Å²) < 4.78 is 2.28. The summed E-state index contributed by atoms with van der Waals surface area (Å²) in [6.45, 7) is 5.43. The number of carbonyl (C=O) groups is 1. The number of carbonyl (C=O) groups excluding carboxylic acids is 1. The second-order valence-corrected chi connectivity index (χ2v) is 8.15. The third-order valence-corrected chi connectivity index (χ3v) is 6.01. The van der Waals surface area contributed by atoms with Crippen LogP contribution >= 0.6 is 24.0 Å². The van der Waals surface area contributed by atoms with Gasteiger partial charge in [-0.2, -0.15) is 0 Å². The highest BCUT2D eigenvalue weighted by atomic mass is 127. The Labute approximate surface area is 218 Å². The third-order valence-electron chi connectivity index (χ3n) is 6.01. The van der Waals surface area contributed by atoms with Crippen LogP contribution < -0.4 is 15.5 Å². The Hall–Kier alpha value is -2.82. The summed E-state index contributed by atoms with van der Waals surface area (Å²) in [5.41, 5.74) is 1.26. The van der Waals surface area contributed by atoms with Crippen LogP contribution in [0.1, 0.15) is 12.8 Å². The topological polar surface area (TPSA) is 77.8 Å². The summed E-state index contributed by atoms with van der Waals surface area (Å²) in [5, 5.41) is 7.87. The van der Waals surface area contributed by atoms with Crippen LogP contribution in [0.15, 0.2) is 65.9 Å². The van der Waals surface area contributed by atoms with Crippen molar-refractivity contribution >= 4 is 52.6 Å². The molecular formula is C25H34IN7O. The number of aryl methyl sites for hydroxylation is 1. The fourth-order valence-electron chi connectivity index (χ4n) is 4.18. The highest BCUT2D eigenvalue weighted by molar-refractivity contribution is 14.0. The van der Waals surface area contributed by atoms with Crippen molar-refractivity contribution in [3.8, 4) is 0 Å². The van der Waals surface area contributed by atoms with Gasteiger partial charge in [0, 0.05) is 77.2 Å². The van der Waals surface area contributed by atoms with Crippen LogP contribution in [0.5, 0.6) is 0 Å². The fourth-order valence-corrected chi connectivity index (χ4v) is 4.18. The number of anilines is 1. The SMILES string of the molecule is CN=C(NCCCn1ccc2ccccc21)NCCC(=O)N1CCN(c2ccccn2)CC1.I. The number of rotatable bonds is 8. The van der Waals surface area contributed by atoms with Gasteiger partial charge in [0.2, 0.25) is 5.91 Å². The zero-order valence-corrected chi connectivity index (χ0v) is 22.0. The molecule has 8 nitrogen and oxygen atoms in total. The maximum Gasteiger partial charge on any atom is 0.224 e. The molecule has 4 rings (SSSR count). The number of para-hydroxylation sites is 1. The molecule has 0 radical (unpaired) electrons. The van der Waals surface area contributed by atoms with Crippen LogP contribution in [-0.2, 0) is 11.3 Å². The number of nitrogens with zero attached hydrogens (tertiary/aromatic N) is 5. The van der Waals surface area contributed by atoms with Gasteiger partial charge in [-0.25, -0.2) is 4.98 Å². The number of amides is 1. The van der Waals surface area contributed by atoms with Crippen molar-refractivity contribution in [3.63, 3.8) is 0 Å². The highest BCUT2D eigenvalue weighted by Crippen LogP contribution is 2.15. The second-order valence-electron chi connectivity index (χ2n) is 8.15. The minimum Gasteiger partial charge on any atom is -0.356 e. The Bertz CT molecular complexity index is 1060. The lowest BCUT2D eigenvalue weighted by molar-refractivity contribution is -0.131. The quantitative estimate of drug-likeness (QED) is 0.187. The van der Waals surface area contributed by atoms with E-state index in [1.165, 1.54) is 10.9 Å². The number of halogens is 1. The van der Waals surface area contributed by atoms with Crippen molar-refractivity contribution in [2.75, 3.05) is 51.2 Å². The molecule has 0 bridgehead atoms. The van der Waals surface area contributed by atoms with E-state index in [9.17, 15) is 4.79 Å². The number of aromatic nitrogens is 2. The zero-order chi connectivity index (χ0) is 22.9. The van der Waals surface area contributed by atoms with E-state index in [1.54, 1.807) is 7.05 Å². The van der Waals surface area contributed by atoms with E-state index >= 15 is 0 Å². The van der Waals surface area contributed by atoms with E-state index in [4.69, 9.17) is 0 Å². The van der Waals surface area contributed by atoms with Crippen LogP contribution in [0, 0.1) is 0 Å². The average Bonchev–Trinajstić information content (AvgIpc) is 3.29. The summed E-state index contributed by atoms with van der Waals surface area (Å²) in [6, 6.07) is 16.5. The van der Waals surface area contributed by atoms with Crippen molar-refractivity contribution in [1.82, 2.24) is 25.1 Å². The number of hydrogen-bond donors (Lipinski definition) is 2. The molecule has 0 spiro atoms. The van der Waals surface area contributed by atoms with Crippen LogP contribution in [0.3, 0.4) is 0 Å². The van der Waals surface area contributed by atoms with Gasteiger partial charge >= 0.3 is 0 Å². The number of aliphatic imine (C=N–C) groups is 1. The van der Waals surface area contributed by atoms with Crippen LogP contribution in [0.4, 0.5) is 5.82 Å². The summed E-state index contributed by atoms with van der Waals surface area (Å²) in [5.74, 6) is 1.89. The van der Waals surface area contributed by atoms with E-state index in [0.717, 1.165) is 57.5 Å². The molecule has 0 atom stereocenters. The van der Waals surface area contributed by atoms with Crippen LogP contribution in [-0.4, -0.2) is 72.6 Å². The fraction of sp³-hybridized carbons (Fsp3) is 0.400. The van der Waals surface area contributed by atoms with Gasteiger partial charge in [-0.15, -0.1) is 24.0 Å². The Kier molecular flexibility index (Phi) is 9.99. The smallest absolute Gasteiger partial charge is 0.224 e. The van der Waals surface area contributed by atoms with E-state index in [0.29, 0.717) is 13.0 Å². The van der Waals surface area contributed by atoms with Crippen LogP contribution in [0.2, 0.25) is 0 Å². The van der Waals surface area contributed by atoms with Gasteiger partial charge in [0.1, 0.15) is 5.82 Å². The van der Waals surface area contributed by atoms with Gasteiger partial charge in [0.15, 0.2) is 5.96 Å². The van der Waals surface area contributed by atoms with E-state index in [2.05, 4.69) is 66.6 Å². The summed E-state index contributed by atoms with van der Waals surface area (Å²) in [6.07, 6.45) is 5.39. The molecule has 1 aliphatic rings. The van der Waals surface area contributed by atoms with Gasteiger partial charge in [-0.1, -0.05) is 24.3 Å². The molecule has 0 aliphatic carbocycles. The molecule has 0 unspecified atom stereocenters. The van der Waals surface area contributed by atoms with Gasteiger partial charge in [-0.3, -0.25) is 9.79 Å². The lowest BCUT2D eigenvalue weighted by Crippen LogP contribution is -2.49. The summed E-state index contributed by atoms with van der Waals surface area (Å²) in [4.78, 5) is 25.4. The Morgan fingerprint density at radius 2 is 1.76 bits per heavy atom. The first-order valence-electron chi connectivity index (χ1n) is 11.7. The predicted molar refractivity (Wildman–Crippen MR) is 149 cm³/mol. The van der Waals surface area contributed by atoms with Crippen molar-refractivity contribution in [2.24, 2.45) is 4.99 Å². The molecule has 1 saturated heterocycles. The average molecular weight is 575 g/mol. The monoisotopic (exact) mass is 575 g/mol. The van der Waals surface area contributed by atoms with Crippen molar-refractivity contribution in [3.05, 3.63) is 60.9 Å². The largest absolute Gasteiger partial charge is 0.356 e. The molecule has 34 heavy (non-hydrogen) atoms. The predicted octanol–water partition coefficient (Wildman–Crippen LogP) is 2.95. The van der Waals surface area contributed by atoms with E-state index in [1.807, 2.05) is 29.3 Å².